The van der Waals surface area contributed by atoms with Crippen molar-refractivity contribution in [2.75, 3.05) is 36.8 Å². The molecule has 1 heterocycles. The van der Waals surface area contributed by atoms with Gasteiger partial charge in [-0.2, -0.15) is 0 Å². The van der Waals surface area contributed by atoms with Gasteiger partial charge in [0.2, 0.25) is 5.91 Å². The van der Waals surface area contributed by atoms with E-state index in [9.17, 15) is 19.3 Å². The number of halogens is 1. The molecule has 0 atom stereocenters. The maximum absolute atomic E-state index is 13.9. The molecule has 2 aromatic carbocycles. The lowest BCUT2D eigenvalue weighted by molar-refractivity contribution is -0.384. The summed E-state index contributed by atoms with van der Waals surface area (Å²) in [5.74, 6) is 0.807. The summed E-state index contributed by atoms with van der Waals surface area (Å²) < 4.78 is 13.9. The lowest BCUT2D eigenvalue weighted by Gasteiger charge is -2.36. The second-order valence-corrected chi connectivity index (χ2v) is 7.22. The Labute approximate surface area is 161 Å². The molecule has 0 radical (unpaired) electrons. The lowest BCUT2D eigenvalue weighted by Crippen LogP contribution is -2.49. The van der Waals surface area contributed by atoms with E-state index in [-0.39, 0.29) is 17.4 Å². The van der Waals surface area contributed by atoms with Crippen LogP contribution < -0.4 is 4.90 Å². The number of thioether (sulfide) groups is 1. The molecule has 0 aromatic heterocycles. The highest BCUT2D eigenvalue weighted by Crippen LogP contribution is 2.21. The van der Waals surface area contributed by atoms with Gasteiger partial charge in [-0.3, -0.25) is 14.9 Å². The van der Waals surface area contributed by atoms with Crippen molar-refractivity contribution in [3.05, 3.63) is 70.0 Å². The first-order chi connectivity index (χ1) is 13.0. The zero-order valence-corrected chi connectivity index (χ0v) is 15.5. The molecular weight excluding hydrogens is 369 g/mol. The molecule has 0 saturated carbocycles. The molecule has 0 aliphatic carbocycles. The molecule has 27 heavy (non-hydrogen) atoms. The van der Waals surface area contributed by atoms with E-state index in [1.54, 1.807) is 29.2 Å². The number of para-hydroxylation sites is 1. The summed E-state index contributed by atoms with van der Waals surface area (Å²) in [6.45, 7) is 2.37. The van der Waals surface area contributed by atoms with Crippen LogP contribution in [0.2, 0.25) is 0 Å². The second-order valence-electron chi connectivity index (χ2n) is 6.24. The summed E-state index contributed by atoms with van der Waals surface area (Å²) in [6.07, 6.45) is 0. The van der Waals surface area contributed by atoms with E-state index in [0.717, 1.165) is 5.56 Å². The van der Waals surface area contributed by atoms with E-state index in [1.807, 2.05) is 11.0 Å². The third-order valence-corrected chi connectivity index (χ3v) is 5.46. The molecule has 0 bridgehead atoms. The third-order valence-electron chi connectivity index (χ3n) is 4.47. The molecule has 142 valence electrons. The highest BCUT2D eigenvalue weighted by molar-refractivity contribution is 7.99. The summed E-state index contributed by atoms with van der Waals surface area (Å²) in [6, 6.07) is 13.0. The monoisotopic (exact) mass is 389 g/mol. The van der Waals surface area contributed by atoms with Gasteiger partial charge in [-0.05, 0) is 17.7 Å². The number of nitro groups is 1. The minimum Gasteiger partial charge on any atom is -0.366 e. The molecular formula is C19H20FN3O3S. The minimum absolute atomic E-state index is 0.0625. The van der Waals surface area contributed by atoms with Crippen LogP contribution in [-0.2, 0) is 10.5 Å². The summed E-state index contributed by atoms with van der Waals surface area (Å²) in [4.78, 5) is 26.4. The van der Waals surface area contributed by atoms with Gasteiger partial charge < -0.3 is 9.80 Å². The fraction of sp³-hybridized carbons (Fsp3) is 0.316. The van der Waals surface area contributed by atoms with Gasteiger partial charge in [0.05, 0.1) is 16.4 Å². The molecule has 3 rings (SSSR count). The van der Waals surface area contributed by atoms with Gasteiger partial charge in [-0.1, -0.05) is 24.3 Å². The van der Waals surface area contributed by atoms with Crippen LogP contribution in [0.25, 0.3) is 0 Å². The van der Waals surface area contributed by atoms with Crippen LogP contribution in [0.3, 0.4) is 0 Å². The Morgan fingerprint density at radius 2 is 1.74 bits per heavy atom. The molecule has 1 fully saturated rings. The van der Waals surface area contributed by atoms with E-state index in [0.29, 0.717) is 43.4 Å². The molecule has 1 aliphatic rings. The number of non-ortho nitro benzene ring substituents is 1. The van der Waals surface area contributed by atoms with Crippen LogP contribution in [0.15, 0.2) is 48.5 Å². The van der Waals surface area contributed by atoms with Gasteiger partial charge in [0.15, 0.2) is 0 Å². The maximum Gasteiger partial charge on any atom is 0.269 e. The van der Waals surface area contributed by atoms with Crippen molar-refractivity contribution in [1.29, 1.82) is 0 Å². The van der Waals surface area contributed by atoms with Crippen LogP contribution in [0.1, 0.15) is 5.56 Å². The van der Waals surface area contributed by atoms with Crippen molar-refractivity contribution in [2.24, 2.45) is 0 Å². The number of piperazine rings is 1. The number of rotatable bonds is 6. The Hall–Kier alpha value is -2.61. The number of hydrogen-bond acceptors (Lipinski definition) is 5. The van der Waals surface area contributed by atoms with E-state index >= 15 is 0 Å². The molecule has 1 amide bonds. The zero-order valence-electron chi connectivity index (χ0n) is 14.7. The first-order valence-corrected chi connectivity index (χ1v) is 9.78. The average molecular weight is 389 g/mol. The van der Waals surface area contributed by atoms with Crippen LogP contribution >= 0.6 is 11.8 Å². The Morgan fingerprint density at radius 1 is 1.07 bits per heavy atom. The largest absolute Gasteiger partial charge is 0.366 e. The van der Waals surface area contributed by atoms with Gasteiger partial charge in [-0.15, -0.1) is 11.8 Å². The number of nitro benzene ring substituents is 1. The zero-order chi connectivity index (χ0) is 19.2. The second kappa shape index (κ2) is 8.85. The summed E-state index contributed by atoms with van der Waals surface area (Å²) in [5.41, 5.74) is 1.59. The number of nitrogens with zero attached hydrogens (tertiary/aromatic N) is 3. The van der Waals surface area contributed by atoms with Crippen LogP contribution in [-0.4, -0.2) is 47.7 Å². The van der Waals surface area contributed by atoms with Crippen molar-refractivity contribution in [2.45, 2.75) is 5.75 Å². The standard InChI is InChI=1S/C19H20FN3O3S/c20-17-3-1-2-4-18(17)21-9-11-22(12-10-21)19(24)14-27-13-15-5-7-16(8-6-15)23(25)26/h1-8H,9-14H2. The average Bonchev–Trinajstić information content (AvgIpc) is 2.69. The number of carbonyl (C=O) groups is 1. The Morgan fingerprint density at radius 3 is 2.37 bits per heavy atom. The van der Waals surface area contributed by atoms with Gasteiger partial charge >= 0.3 is 0 Å². The van der Waals surface area contributed by atoms with Crippen LogP contribution in [0, 0.1) is 15.9 Å². The lowest BCUT2D eigenvalue weighted by atomic mass is 10.2. The molecule has 1 saturated heterocycles. The quantitative estimate of drug-likeness (QED) is 0.560. The van der Waals surface area contributed by atoms with E-state index in [1.165, 1.54) is 30.0 Å². The smallest absolute Gasteiger partial charge is 0.269 e. The SMILES string of the molecule is O=C(CSCc1ccc([N+](=O)[O-])cc1)N1CCN(c2ccccc2F)CC1. The first-order valence-electron chi connectivity index (χ1n) is 8.63. The topological polar surface area (TPSA) is 66.7 Å². The minimum atomic E-state index is -0.429. The molecule has 0 spiro atoms. The van der Waals surface area contributed by atoms with E-state index in [2.05, 4.69) is 0 Å². The molecule has 2 aromatic rings. The van der Waals surface area contributed by atoms with E-state index < -0.39 is 4.92 Å². The maximum atomic E-state index is 13.9. The highest BCUT2D eigenvalue weighted by Gasteiger charge is 2.22. The van der Waals surface area contributed by atoms with Gasteiger partial charge in [-0.25, -0.2) is 4.39 Å². The number of benzene rings is 2. The van der Waals surface area contributed by atoms with Gasteiger partial charge in [0, 0.05) is 44.1 Å². The normalized spacial score (nSPS) is 14.3. The van der Waals surface area contributed by atoms with Gasteiger partial charge in [0.1, 0.15) is 5.82 Å². The van der Waals surface area contributed by atoms with Gasteiger partial charge in [0.25, 0.3) is 5.69 Å². The number of carbonyl (C=O) groups excluding carboxylic acids is 1. The van der Waals surface area contributed by atoms with Crippen molar-refractivity contribution >= 4 is 29.0 Å². The highest BCUT2D eigenvalue weighted by atomic mass is 32.2. The molecule has 6 nitrogen and oxygen atoms in total. The van der Waals surface area contributed by atoms with Crippen molar-refractivity contribution in [3.63, 3.8) is 0 Å². The predicted molar refractivity (Wildman–Crippen MR) is 104 cm³/mol. The fourth-order valence-electron chi connectivity index (χ4n) is 2.97. The Balaban J connectivity index is 1.43. The van der Waals surface area contributed by atoms with Crippen LogP contribution in [0.4, 0.5) is 15.8 Å². The third kappa shape index (κ3) is 4.97. The Kier molecular flexibility index (Phi) is 6.28. The van der Waals surface area contributed by atoms with E-state index in [4.69, 9.17) is 0 Å². The number of anilines is 1. The summed E-state index contributed by atoms with van der Waals surface area (Å²) >= 11 is 1.49. The predicted octanol–water partition coefficient (Wildman–Crippen LogP) is 3.32. The van der Waals surface area contributed by atoms with Crippen molar-refractivity contribution < 1.29 is 14.1 Å². The Bertz CT molecular complexity index is 808. The van der Waals surface area contributed by atoms with Crippen molar-refractivity contribution in [1.82, 2.24) is 4.90 Å². The summed E-state index contributed by atoms with van der Waals surface area (Å²) in [5, 5.41) is 10.6. The number of amides is 1. The summed E-state index contributed by atoms with van der Waals surface area (Å²) in [7, 11) is 0. The fourth-order valence-corrected chi connectivity index (χ4v) is 3.85. The molecule has 1 aliphatic heterocycles. The van der Waals surface area contributed by atoms with Crippen molar-refractivity contribution in [3.8, 4) is 0 Å². The molecule has 0 N–H and O–H groups in total. The van der Waals surface area contributed by atoms with Crippen LogP contribution in [0.5, 0.6) is 0 Å². The first kappa shape index (κ1) is 19.2. The number of hydrogen-bond donors (Lipinski definition) is 0. The molecule has 8 heteroatoms. The molecule has 0 unspecified atom stereocenters.